The maximum absolute atomic E-state index is 12.6. The van der Waals surface area contributed by atoms with Crippen LogP contribution in [0.3, 0.4) is 0 Å². The highest BCUT2D eigenvalue weighted by Crippen LogP contribution is 2.31. The van der Waals surface area contributed by atoms with Gasteiger partial charge in [-0.1, -0.05) is 12.1 Å². The lowest BCUT2D eigenvalue weighted by molar-refractivity contribution is -0.137. The van der Waals surface area contributed by atoms with Gasteiger partial charge in [-0.05, 0) is 24.6 Å². The molecule has 0 heterocycles. The summed E-state index contributed by atoms with van der Waals surface area (Å²) in [6.45, 7) is 1.33. The molecule has 0 aliphatic carbocycles. The van der Waals surface area contributed by atoms with Gasteiger partial charge in [0, 0.05) is 25.9 Å². The fourth-order valence-corrected chi connectivity index (χ4v) is 1.49. The SMILES string of the molecule is CC(=O)C(=CN(C)C)c1cccc(C(F)(F)F)c1. The summed E-state index contributed by atoms with van der Waals surface area (Å²) in [5.74, 6) is -0.275. The molecule has 2 nitrogen and oxygen atoms in total. The third-order valence-corrected chi connectivity index (χ3v) is 2.27. The van der Waals surface area contributed by atoms with Crippen LogP contribution in [0.2, 0.25) is 0 Å². The van der Waals surface area contributed by atoms with Crippen molar-refractivity contribution in [1.29, 1.82) is 0 Å². The highest BCUT2D eigenvalue weighted by Gasteiger charge is 2.30. The number of alkyl halides is 3. The van der Waals surface area contributed by atoms with Crippen LogP contribution < -0.4 is 0 Å². The Morgan fingerprint density at radius 2 is 1.89 bits per heavy atom. The monoisotopic (exact) mass is 257 g/mol. The van der Waals surface area contributed by atoms with E-state index in [4.69, 9.17) is 0 Å². The second kappa shape index (κ2) is 5.25. The lowest BCUT2D eigenvalue weighted by atomic mass is 10.0. The Hall–Kier alpha value is -1.78. The fourth-order valence-electron chi connectivity index (χ4n) is 1.49. The number of allylic oxidation sites excluding steroid dienone is 1. The zero-order chi connectivity index (χ0) is 13.9. The Labute approximate surface area is 104 Å². The number of Topliss-reactive ketones (excluding diaryl/α,β-unsaturated/α-hetero) is 1. The highest BCUT2D eigenvalue weighted by molar-refractivity contribution is 6.19. The maximum atomic E-state index is 12.6. The number of carbonyl (C=O) groups is 1. The maximum Gasteiger partial charge on any atom is 0.416 e. The number of hydrogen-bond acceptors (Lipinski definition) is 2. The molecule has 1 rings (SSSR count). The predicted octanol–water partition coefficient (Wildman–Crippen LogP) is 3.20. The Morgan fingerprint density at radius 1 is 1.28 bits per heavy atom. The molecule has 5 heteroatoms. The summed E-state index contributed by atoms with van der Waals surface area (Å²) < 4.78 is 37.7. The third-order valence-electron chi connectivity index (χ3n) is 2.27. The van der Waals surface area contributed by atoms with Gasteiger partial charge in [-0.25, -0.2) is 0 Å². The Morgan fingerprint density at radius 3 is 2.33 bits per heavy atom. The molecule has 98 valence electrons. The third kappa shape index (κ3) is 3.61. The van der Waals surface area contributed by atoms with Crippen molar-refractivity contribution in [3.63, 3.8) is 0 Å². The molecular weight excluding hydrogens is 243 g/mol. The van der Waals surface area contributed by atoms with Crippen molar-refractivity contribution in [3.05, 3.63) is 41.6 Å². The molecule has 0 fully saturated rings. The van der Waals surface area contributed by atoms with Gasteiger partial charge in [0.1, 0.15) is 0 Å². The van der Waals surface area contributed by atoms with Crippen molar-refractivity contribution in [2.24, 2.45) is 0 Å². The molecule has 0 aliphatic rings. The molecule has 1 aromatic rings. The lowest BCUT2D eigenvalue weighted by Crippen LogP contribution is -2.09. The average Bonchev–Trinajstić information content (AvgIpc) is 2.24. The largest absolute Gasteiger partial charge is 0.416 e. The minimum absolute atomic E-state index is 0.256. The fraction of sp³-hybridized carbons (Fsp3) is 0.308. The smallest absolute Gasteiger partial charge is 0.383 e. The van der Waals surface area contributed by atoms with E-state index < -0.39 is 11.7 Å². The van der Waals surface area contributed by atoms with Crippen molar-refractivity contribution >= 4 is 11.4 Å². The van der Waals surface area contributed by atoms with Gasteiger partial charge >= 0.3 is 6.18 Å². The zero-order valence-corrected chi connectivity index (χ0v) is 10.4. The van der Waals surface area contributed by atoms with E-state index in [1.54, 1.807) is 19.0 Å². The van der Waals surface area contributed by atoms with E-state index in [-0.39, 0.29) is 16.9 Å². The van der Waals surface area contributed by atoms with Crippen molar-refractivity contribution in [2.45, 2.75) is 13.1 Å². The van der Waals surface area contributed by atoms with Crippen LogP contribution in [0.4, 0.5) is 13.2 Å². The molecule has 0 N–H and O–H groups in total. The van der Waals surface area contributed by atoms with Crippen molar-refractivity contribution in [2.75, 3.05) is 14.1 Å². The highest BCUT2D eigenvalue weighted by atomic mass is 19.4. The van der Waals surface area contributed by atoms with Gasteiger partial charge in [0.15, 0.2) is 5.78 Å². The number of nitrogens with zero attached hydrogens (tertiary/aromatic N) is 1. The van der Waals surface area contributed by atoms with E-state index >= 15 is 0 Å². The Kier molecular flexibility index (Phi) is 4.16. The molecule has 0 spiro atoms. The molecule has 0 amide bonds. The van der Waals surface area contributed by atoms with Crippen LogP contribution in [0, 0.1) is 0 Å². The van der Waals surface area contributed by atoms with Crippen LogP contribution in [0.1, 0.15) is 18.1 Å². The van der Waals surface area contributed by atoms with Crippen LogP contribution in [0.5, 0.6) is 0 Å². The minimum atomic E-state index is -4.41. The molecular formula is C13H14F3NO. The zero-order valence-electron chi connectivity index (χ0n) is 10.4. The quantitative estimate of drug-likeness (QED) is 0.775. The summed E-state index contributed by atoms with van der Waals surface area (Å²) in [7, 11) is 3.41. The Bertz CT molecular complexity index is 475. The molecule has 0 atom stereocenters. The van der Waals surface area contributed by atoms with Gasteiger partial charge in [0.05, 0.1) is 5.56 Å². The van der Waals surface area contributed by atoms with Gasteiger partial charge in [0.2, 0.25) is 0 Å². The molecule has 18 heavy (non-hydrogen) atoms. The van der Waals surface area contributed by atoms with Gasteiger partial charge in [-0.15, -0.1) is 0 Å². The van der Waals surface area contributed by atoms with E-state index in [0.29, 0.717) is 0 Å². The van der Waals surface area contributed by atoms with Crippen molar-refractivity contribution < 1.29 is 18.0 Å². The second-order valence-electron chi connectivity index (χ2n) is 4.14. The predicted molar refractivity (Wildman–Crippen MR) is 63.8 cm³/mol. The van der Waals surface area contributed by atoms with Gasteiger partial charge < -0.3 is 4.90 Å². The van der Waals surface area contributed by atoms with Crippen LogP contribution >= 0.6 is 0 Å². The van der Waals surface area contributed by atoms with Crippen LogP contribution in [-0.4, -0.2) is 24.8 Å². The number of rotatable bonds is 3. The first-order chi connectivity index (χ1) is 8.21. The molecule has 1 aromatic carbocycles. The normalized spacial score (nSPS) is 12.4. The van der Waals surface area contributed by atoms with E-state index in [1.807, 2.05) is 0 Å². The first kappa shape index (κ1) is 14.3. The summed E-state index contributed by atoms with van der Waals surface area (Å²) in [5, 5.41) is 0. The summed E-state index contributed by atoms with van der Waals surface area (Å²) in [6.07, 6.45) is -2.89. The summed E-state index contributed by atoms with van der Waals surface area (Å²) in [5.41, 5.74) is -0.233. The summed E-state index contributed by atoms with van der Waals surface area (Å²) >= 11 is 0. The molecule has 0 radical (unpaired) electrons. The average molecular weight is 257 g/mol. The number of hydrogen-bond donors (Lipinski definition) is 0. The lowest BCUT2D eigenvalue weighted by Gasteiger charge is -2.12. The Balaban J connectivity index is 3.27. The minimum Gasteiger partial charge on any atom is -0.383 e. The van der Waals surface area contributed by atoms with Crippen LogP contribution in [0.25, 0.3) is 5.57 Å². The van der Waals surface area contributed by atoms with Crippen molar-refractivity contribution in [3.8, 4) is 0 Å². The number of benzene rings is 1. The van der Waals surface area contributed by atoms with Gasteiger partial charge in [-0.3, -0.25) is 4.79 Å². The van der Waals surface area contributed by atoms with Crippen molar-refractivity contribution in [1.82, 2.24) is 4.90 Å². The van der Waals surface area contributed by atoms with E-state index in [1.165, 1.54) is 25.3 Å². The molecule has 0 unspecified atom stereocenters. The van der Waals surface area contributed by atoms with Crippen LogP contribution in [-0.2, 0) is 11.0 Å². The van der Waals surface area contributed by atoms with Crippen LogP contribution in [0.15, 0.2) is 30.5 Å². The first-order valence-corrected chi connectivity index (χ1v) is 5.28. The molecule has 0 saturated carbocycles. The summed E-state index contributed by atoms with van der Waals surface area (Å²) in [4.78, 5) is 13.1. The number of carbonyl (C=O) groups excluding carboxylic acids is 1. The molecule has 0 bridgehead atoms. The first-order valence-electron chi connectivity index (χ1n) is 5.28. The summed E-state index contributed by atoms with van der Waals surface area (Å²) in [6, 6.07) is 4.75. The molecule has 0 saturated heterocycles. The standard InChI is InChI=1S/C13H14F3NO/c1-9(18)12(8-17(2)3)10-5-4-6-11(7-10)13(14,15)16/h4-8H,1-3H3. The molecule has 0 aliphatic heterocycles. The van der Waals surface area contributed by atoms with Gasteiger partial charge in [0.25, 0.3) is 0 Å². The van der Waals surface area contributed by atoms with E-state index in [2.05, 4.69) is 0 Å². The number of ketones is 1. The van der Waals surface area contributed by atoms with E-state index in [0.717, 1.165) is 12.1 Å². The topological polar surface area (TPSA) is 20.3 Å². The second-order valence-corrected chi connectivity index (χ2v) is 4.14. The van der Waals surface area contributed by atoms with Gasteiger partial charge in [-0.2, -0.15) is 13.2 Å². The van der Waals surface area contributed by atoms with E-state index in [9.17, 15) is 18.0 Å². The molecule has 0 aromatic heterocycles. The number of halogens is 3.